The molecule has 0 aromatic rings. The van der Waals surface area contributed by atoms with Gasteiger partial charge in [0.15, 0.2) is 0 Å². The average Bonchev–Trinajstić information content (AvgIpc) is 1.89. The van der Waals surface area contributed by atoms with Crippen molar-refractivity contribution in [1.29, 1.82) is 0 Å². The van der Waals surface area contributed by atoms with E-state index >= 15 is 0 Å². The van der Waals surface area contributed by atoms with Crippen LogP contribution in [0.2, 0.25) is 0 Å². The van der Waals surface area contributed by atoms with E-state index in [9.17, 15) is 4.79 Å². The van der Waals surface area contributed by atoms with E-state index in [0.717, 1.165) is 6.41 Å². The van der Waals surface area contributed by atoms with Crippen LogP contribution in [0.15, 0.2) is 24.4 Å². The fraction of sp³-hybridized carbons (Fsp3) is 0.286. The molecule has 0 saturated heterocycles. The topological polar surface area (TPSA) is 20.3 Å². The van der Waals surface area contributed by atoms with E-state index in [1.807, 2.05) is 19.1 Å². The number of allylic oxidation sites excluding steroid dienone is 3. The van der Waals surface area contributed by atoms with Crippen LogP contribution in [0.1, 0.15) is 6.92 Å². The molecule has 0 aliphatic rings. The van der Waals surface area contributed by atoms with Gasteiger partial charge in [0.25, 0.3) is 0 Å². The Morgan fingerprint density at radius 1 is 1.33 bits per heavy atom. The van der Waals surface area contributed by atoms with E-state index in [2.05, 4.69) is 0 Å². The molecule has 0 heterocycles. The van der Waals surface area contributed by atoms with Crippen molar-refractivity contribution >= 4 is 6.41 Å². The number of nitrogens with zero attached hydrogens (tertiary/aromatic N) is 1. The molecule has 0 aromatic carbocycles. The van der Waals surface area contributed by atoms with Gasteiger partial charge < -0.3 is 4.90 Å². The Morgan fingerprint density at radius 3 is 2.44 bits per heavy atom. The molecule has 0 aromatic heterocycles. The van der Waals surface area contributed by atoms with E-state index < -0.39 is 0 Å². The quantitative estimate of drug-likeness (QED) is 0.409. The van der Waals surface area contributed by atoms with Crippen LogP contribution in [0.5, 0.6) is 0 Å². The lowest BCUT2D eigenvalue weighted by Crippen LogP contribution is -2.05. The van der Waals surface area contributed by atoms with Gasteiger partial charge in [0, 0.05) is 13.2 Å². The number of rotatable bonds is 3. The molecule has 0 rings (SSSR count). The lowest BCUT2D eigenvalue weighted by Gasteiger charge is -1.98. The van der Waals surface area contributed by atoms with Gasteiger partial charge in [-0.05, 0) is 13.0 Å². The van der Waals surface area contributed by atoms with Crippen molar-refractivity contribution in [3.05, 3.63) is 24.4 Å². The van der Waals surface area contributed by atoms with Gasteiger partial charge in [-0.1, -0.05) is 12.2 Å². The van der Waals surface area contributed by atoms with Gasteiger partial charge in [0.05, 0.1) is 0 Å². The highest BCUT2D eigenvalue weighted by Gasteiger charge is 1.77. The van der Waals surface area contributed by atoms with Crippen molar-refractivity contribution in [2.45, 2.75) is 6.92 Å². The van der Waals surface area contributed by atoms with Gasteiger partial charge >= 0.3 is 0 Å². The Labute approximate surface area is 55.5 Å². The summed E-state index contributed by atoms with van der Waals surface area (Å²) >= 11 is 0. The number of carbonyl (C=O) groups excluding carboxylic acids is 1. The van der Waals surface area contributed by atoms with E-state index in [-0.39, 0.29) is 0 Å². The third-order valence-corrected chi connectivity index (χ3v) is 0.791. The highest BCUT2D eigenvalue weighted by molar-refractivity contribution is 5.48. The van der Waals surface area contributed by atoms with Gasteiger partial charge in [0.1, 0.15) is 0 Å². The minimum absolute atomic E-state index is 0.750. The third-order valence-electron chi connectivity index (χ3n) is 0.791. The fourth-order valence-corrected chi connectivity index (χ4v) is 0.332. The molecular weight excluding hydrogens is 114 g/mol. The second-order valence-electron chi connectivity index (χ2n) is 1.64. The van der Waals surface area contributed by atoms with Crippen LogP contribution < -0.4 is 0 Å². The SMILES string of the molecule is CC=CC=CN(C)C=O. The summed E-state index contributed by atoms with van der Waals surface area (Å²) in [7, 11) is 1.69. The van der Waals surface area contributed by atoms with Gasteiger partial charge in [-0.3, -0.25) is 4.79 Å². The molecule has 0 bridgehead atoms. The highest BCUT2D eigenvalue weighted by Crippen LogP contribution is 1.79. The molecule has 0 atom stereocenters. The van der Waals surface area contributed by atoms with Crippen LogP contribution in [0, 0.1) is 0 Å². The van der Waals surface area contributed by atoms with Crippen LogP contribution in [0.4, 0.5) is 0 Å². The molecule has 0 radical (unpaired) electrons. The van der Waals surface area contributed by atoms with Gasteiger partial charge in [-0.25, -0.2) is 0 Å². The summed E-state index contributed by atoms with van der Waals surface area (Å²) in [6.07, 6.45) is 8.00. The molecule has 2 nitrogen and oxygen atoms in total. The lowest BCUT2D eigenvalue weighted by atomic mass is 10.5. The summed E-state index contributed by atoms with van der Waals surface area (Å²) in [4.78, 5) is 11.4. The minimum Gasteiger partial charge on any atom is -0.325 e. The predicted octanol–water partition coefficient (Wildman–Crippen LogP) is 1.16. The van der Waals surface area contributed by atoms with E-state index in [1.54, 1.807) is 19.3 Å². The Kier molecular flexibility index (Phi) is 4.50. The van der Waals surface area contributed by atoms with Crippen molar-refractivity contribution < 1.29 is 4.79 Å². The van der Waals surface area contributed by atoms with Crippen molar-refractivity contribution in [2.24, 2.45) is 0 Å². The maximum atomic E-state index is 9.95. The second-order valence-corrected chi connectivity index (χ2v) is 1.64. The molecule has 50 valence electrons. The molecule has 1 amide bonds. The molecule has 0 saturated carbocycles. The van der Waals surface area contributed by atoms with Crippen molar-refractivity contribution in [3.8, 4) is 0 Å². The van der Waals surface area contributed by atoms with Crippen LogP contribution in [-0.4, -0.2) is 18.4 Å². The number of carbonyl (C=O) groups is 1. The first-order valence-corrected chi connectivity index (χ1v) is 2.78. The van der Waals surface area contributed by atoms with Gasteiger partial charge in [0.2, 0.25) is 6.41 Å². The van der Waals surface area contributed by atoms with E-state index in [4.69, 9.17) is 0 Å². The molecule has 0 aliphatic carbocycles. The first-order valence-electron chi connectivity index (χ1n) is 2.78. The molecule has 9 heavy (non-hydrogen) atoms. The van der Waals surface area contributed by atoms with Crippen molar-refractivity contribution in [1.82, 2.24) is 4.90 Å². The molecule has 0 fully saturated rings. The van der Waals surface area contributed by atoms with Crippen LogP contribution >= 0.6 is 0 Å². The summed E-state index contributed by atoms with van der Waals surface area (Å²) < 4.78 is 0. The first kappa shape index (κ1) is 7.95. The standard InChI is InChI=1S/C7H11NO/c1-3-4-5-6-8(2)7-9/h3-7H,1-2H3. The van der Waals surface area contributed by atoms with Gasteiger partial charge in [-0.15, -0.1) is 0 Å². The molecule has 0 N–H and O–H groups in total. The molecule has 0 aliphatic heterocycles. The summed E-state index contributed by atoms with van der Waals surface area (Å²) in [5.74, 6) is 0. The Balaban J connectivity index is 3.55. The van der Waals surface area contributed by atoms with E-state index in [0.29, 0.717) is 0 Å². The predicted molar refractivity (Wildman–Crippen MR) is 37.8 cm³/mol. The zero-order chi connectivity index (χ0) is 7.11. The molecule has 0 unspecified atom stereocenters. The number of amides is 1. The summed E-state index contributed by atoms with van der Waals surface area (Å²) in [5.41, 5.74) is 0. The maximum Gasteiger partial charge on any atom is 0.213 e. The normalized spacial score (nSPS) is 10.9. The van der Waals surface area contributed by atoms with Crippen LogP contribution in [0.25, 0.3) is 0 Å². The maximum absolute atomic E-state index is 9.95. The highest BCUT2D eigenvalue weighted by atomic mass is 16.1. The van der Waals surface area contributed by atoms with E-state index in [1.165, 1.54) is 4.90 Å². The largest absolute Gasteiger partial charge is 0.325 e. The van der Waals surface area contributed by atoms with Crippen LogP contribution in [0.3, 0.4) is 0 Å². The first-order chi connectivity index (χ1) is 4.31. The Morgan fingerprint density at radius 2 is 2.00 bits per heavy atom. The Hall–Kier alpha value is -1.05. The van der Waals surface area contributed by atoms with Crippen molar-refractivity contribution in [2.75, 3.05) is 7.05 Å². The summed E-state index contributed by atoms with van der Waals surface area (Å²) in [6, 6.07) is 0. The zero-order valence-corrected chi connectivity index (χ0v) is 5.74. The van der Waals surface area contributed by atoms with Crippen molar-refractivity contribution in [3.63, 3.8) is 0 Å². The zero-order valence-electron chi connectivity index (χ0n) is 5.74. The lowest BCUT2D eigenvalue weighted by molar-refractivity contribution is -0.114. The molecular formula is C7H11NO. The van der Waals surface area contributed by atoms with Gasteiger partial charge in [-0.2, -0.15) is 0 Å². The second kappa shape index (κ2) is 5.09. The third kappa shape index (κ3) is 4.81. The fourth-order valence-electron chi connectivity index (χ4n) is 0.332. The summed E-state index contributed by atoms with van der Waals surface area (Å²) in [5, 5.41) is 0. The number of hydrogen-bond acceptors (Lipinski definition) is 1. The number of hydrogen-bond donors (Lipinski definition) is 0. The van der Waals surface area contributed by atoms with Crippen LogP contribution in [-0.2, 0) is 4.79 Å². The Bertz CT molecular complexity index is 127. The monoisotopic (exact) mass is 125 g/mol. The average molecular weight is 125 g/mol. The summed E-state index contributed by atoms with van der Waals surface area (Å²) in [6.45, 7) is 1.92. The molecule has 0 spiro atoms. The smallest absolute Gasteiger partial charge is 0.213 e. The molecule has 2 heteroatoms. The minimum atomic E-state index is 0.750.